The van der Waals surface area contributed by atoms with Crippen molar-refractivity contribution in [2.24, 2.45) is 0 Å². The summed E-state index contributed by atoms with van der Waals surface area (Å²) in [6.45, 7) is 0.417. The Morgan fingerprint density at radius 3 is 2.67 bits per heavy atom. The van der Waals surface area contributed by atoms with Gasteiger partial charge in [-0.3, -0.25) is 0 Å². The van der Waals surface area contributed by atoms with Crippen molar-refractivity contribution in [3.63, 3.8) is 0 Å². The highest BCUT2D eigenvalue weighted by Gasteiger charge is 2.06. The Balaban J connectivity index is 1.89. The molecule has 0 atom stereocenters. The van der Waals surface area contributed by atoms with Crippen molar-refractivity contribution in [1.82, 2.24) is 0 Å². The predicted molar refractivity (Wildman–Crippen MR) is 83.8 cm³/mol. The molecule has 0 spiro atoms. The maximum absolute atomic E-state index is 9.13. The molecule has 3 rings (SSSR count). The topological polar surface area (TPSA) is 59.0 Å². The Morgan fingerprint density at radius 2 is 1.81 bits per heavy atom. The zero-order valence-corrected chi connectivity index (χ0v) is 11.4. The van der Waals surface area contributed by atoms with E-state index in [1.807, 2.05) is 24.3 Å². The number of ether oxygens (including phenoxy) is 1. The lowest BCUT2D eigenvalue weighted by atomic mass is 10.1. The third-order valence-electron chi connectivity index (χ3n) is 3.39. The highest BCUT2D eigenvalue weighted by molar-refractivity contribution is 5.85. The Kier molecular flexibility index (Phi) is 3.44. The van der Waals surface area contributed by atoms with Crippen LogP contribution in [0.5, 0.6) is 5.75 Å². The fourth-order valence-electron chi connectivity index (χ4n) is 2.33. The summed E-state index contributed by atoms with van der Waals surface area (Å²) in [6, 6.07) is 21.5. The van der Waals surface area contributed by atoms with Crippen molar-refractivity contribution in [2.75, 3.05) is 5.73 Å². The molecule has 0 saturated heterocycles. The van der Waals surface area contributed by atoms with Crippen LogP contribution in [-0.4, -0.2) is 0 Å². The third kappa shape index (κ3) is 2.65. The molecule has 0 saturated carbocycles. The van der Waals surface area contributed by atoms with E-state index in [0.717, 1.165) is 10.9 Å². The number of hydrogen-bond donors (Lipinski definition) is 1. The van der Waals surface area contributed by atoms with E-state index >= 15 is 0 Å². The van der Waals surface area contributed by atoms with E-state index in [2.05, 4.69) is 24.3 Å². The van der Waals surface area contributed by atoms with Gasteiger partial charge in [0.25, 0.3) is 0 Å². The van der Waals surface area contributed by atoms with Crippen LogP contribution in [0.3, 0.4) is 0 Å². The van der Waals surface area contributed by atoms with Crippen molar-refractivity contribution >= 4 is 16.5 Å². The number of anilines is 1. The summed E-state index contributed by atoms with van der Waals surface area (Å²) in [5.41, 5.74) is 7.78. The van der Waals surface area contributed by atoms with Crippen molar-refractivity contribution in [1.29, 1.82) is 5.26 Å². The maximum Gasteiger partial charge on any atom is 0.137 e. The monoisotopic (exact) mass is 274 g/mol. The molecule has 21 heavy (non-hydrogen) atoms. The smallest absolute Gasteiger partial charge is 0.137 e. The van der Waals surface area contributed by atoms with Crippen LogP contribution < -0.4 is 10.5 Å². The molecule has 0 unspecified atom stereocenters. The van der Waals surface area contributed by atoms with Gasteiger partial charge in [0.05, 0.1) is 5.56 Å². The van der Waals surface area contributed by atoms with Crippen molar-refractivity contribution in [3.8, 4) is 11.8 Å². The number of nitrogen functional groups attached to an aromatic ring is 1. The highest BCUT2D eigenvalue weighted by Crippen LogP contribution is 2.24. The molecule has 0 aliphatic heterocycles. The van der Waals surface area contributed by atoms with Gasteiger partial charge in [-0.1, -0.05) is 42.5 Å². The molecule has 102 valence electrons. The first kappa shape index (κ1) is 13.0. The summed E-state index contributed by atoms with van der Waals surface area (Å²) in [6.07, 6.45) is 0. The van der Waals surface area contributed by atoms with Crippen LogP contribution in [0.15, 0.2) is 60.7 Å². The molecular formula is C18H14N2O. The number of hydrogen-bond acceptors (Lipinski definition) is 3. The van der Waals surface area contributed by atoms with Crippen LogP contribution in [0, 0.1) is 11.3 Å². The average molecular weight is 274 g/mol. The molecule has 2 N–H and O–H groups in total. The van der Waals surface area contributed by atoms with Crippen LogP contribution in [0.4, 0.5) is 5.69 Å². The Labute approximate surface area is 123 Å². The molecule has 3 aromatic carbocycles. The SMILES string of the molecule is N#Cc1cc(N)ccc1OCc1cccc2ccccc12. The van der Waals surface area contributed by atoms with Gasteiger partial charge in [-0.2, -0.15) is 5.26 Å². The fourth-order valence-corrected chi connectivity index (χ4v) is 2.33. The number of fused-ring (bicyclic) bond motifs is 1. The Hall–Kier alpha value is -2.99. The first-order chi connectivity index (χ1) is 10.3. The van der Waals surface area contributed by atoms with Crippen molar-refractivity contribution in [2.45, 2.75) is 6.61 Å². The Bertz CT molecular complexity index is 829. The number of nitrogens with two attached hydrogens (primary N) is 1. The molecule has 0 heterocycles. The maximum atomic E-state index is 9.13. The summed E-state index contributed by atoms with van der Waals surface area (Å²) in [5, 5.41) is 11.5. The molecule has 0 amide bonds. The van der Waals surface area contributed by atoms with E-state index in [1.54, 1.807) is 18.2 Å². The van der Waals surface area contributed by atoms with Crippen LogP contribution in [0.1, 0.15) is 11.1 Å². The lowest BCUT2D eigenvalue weighted by Crippen LogP contribution is -1.99. The van der Waals surface area contributed by atoms with E-state index in [0.29, 0.717) is 23.6 Å². The second kappa shape index (κ2) is 5.56. The van der Waals surface area contributed by atoms with Gasteiger partial charge in [0.2, 0.25) is 0 Å². The summed E-state index contributed by atoms with van der Waals surface area (Å²) >= 11 is 0. The van der Waals surface area contributed by atoms with E-state index in [-0.39, 0.29) is 0 Å². The van der Waals surface area contributed by atoms with E-state index in [4.69, 9.17) is 15.7 Å². The minimum atomic E-state index is 0.417. The van der Waals surface area contributed by atoms with Gasteiger partial charge in [-0.25, -0.2) is 0 Å². The molecule has 3 nitrogen and oxygen atoms in total. The molecule has 3 heteroatoms. The third-order valence-corrected chi connectivity index (χ3v) is 3.39. The number of rotatable bonds is 3. The van der Waals surface area contributed by atoms with Gasteiger partial charge >= 0.3 is 0 Å². The quantitative estimate of drug-likeness (QED) is 0.737. The molecule has 3 aromatic rings. The molecule has 0 radical (unpaired) electrons. The van der Waals surface area contributed by atoms with Gasteiger partial charge in [0, 0.05) is 5.69 Å². The highest BCUT2D eigenvalue weighted by atomic mass is 16.5. The van der Waals surface area contributed by atoms with Crippen LogP contribution in [0.2, 0.25) is 0 Å². The second-order valence-corrected chi connectivity index (χ2v) is 4.79. The van der Waals surface area contributed by atoms with E-state index in [1.165, 1.54) is 5.39 Å². The van der Waals surface area contributed by atoms with Gasteiger partial charge in [-0.05, 0) is 34.5 Å². The van der Waals surface area contributed by atoms with Crippen LogP contribution in [-0.2, 0) is 6.61 Å². The van der Waals surface area contributed by atoms with Crippen molar-refractivity contribution in [3.05, 3.63) is 71.8 Å². The first-order valence-corrected chi connectivity index (χ1v) is 6.67. The van der Waals surface area contributed by atoms with Gasteiger partial charge in [0.1, 0.15) is 18.4 Å². The average Bonchev–Trinajstić information content (AvgIpc) is 2.53. The molecule has 0 bridgehead atoms. The summed E-state index contributed by atoms with van der Waals surface area (Å²) in [7, 11) is 0. The zero-order valence-electron chi connectivity index (χ0n) is 11.4. The number of nitrogens with zero attached hydrogens (tertiary/aromatic N) is 1. The van der Waals surface area contributed by atoms with E-state index < -0.39 is 0 Å². The second-order valence-electron chi connectivity index (χ2n) is 4.79. The fraction of sp³-hybridized carbons (Fsp3) is 0.0556. The Morgan fingerprint density at radius 1 is 1.00 bits per heavy atom. The number of benzene rings is 3. The van der Waals surface area contributed by atoms with Gasteiger partial charge in [-0.15, -0.1) is 0 Å². The van der Waals surface area contributed by atoms with Gasteiger partial charge < -0.3 is 10.5 Å². The first-order valence-electron chi connectivity index (χ1n) is 6.67. The lowest BCUT2D eigenvalue weighted by Gasteiger charge is -2.10. The molecule has 0 aliphatic carbocycles. The molecule has 0 aliphatic rings. The van der Waals surface area contributed by atoms with Gasteiger partial charge in [0.15, 0.2) is 0 Å². The molecule has 0 aromatic heterocycles. The largest absolute Gasteiger partial charge is 0.487 e. The predicted octanol–water partition coefficient (Wildman–Crippen LogP) is 3.87. The lowest BCUT2D eigenvalue weighted by molar-refractivity contribution is 0.307. The van der Waals surface area contributed by atoms with E-state index in [9.17, 15) is 0 Å². The van der Waals surface area contributed by atoms with Crippen molar-refractivity contribution < 1.29 is 4.74 Å². The van der Waals surface area contributed by atoms with Crippen LogP contribution >= 0.6 is 0 Å². The minimum Gasteiger partial charge on any atom is -0.487 e. The summed E-state index contributed by atoms with van der Waals surface area (Å²) < 4.78 is 5.80. The minimum absolute atomic E-state index is 0.417. The molecular weight excluding hydrogens is 260 g/mol. The molecule has 0 fully saturated rings. The summed E-state index contributed by atoms with van der Waals surface area (Å²) in [5.74, 6) is 0.555. The van der Waals surface area contributed by atoms with Crippen LogP contribution in [0.25, 0.3) is 10.8 Å². The number of nitriles is 1. The zero-order chi connectivity index (χ0) is 14.7. The standard InChI is InChI=1S/C18H14N2O/c19-11-15-10-16(20)8-9-18(15)21-12-14-6-3-5-13-4-1-2-7-17(13)14/h1-10H,12,20H2. The summed E-state index contributed by atoms with van der Waals surface area (Å²) in [4.78, 5) is 0. The normalized spacial score (nSPS) is 10.2.